The van der Waals surface area contributed by atoms with Crippen molar-refractivity contribution in [3.05, 3.63) is 22.7 Å². The van der Waals surface area contributed by atoms with Gasteiger partial charge in [0.1, 0.15) is 0 Å². The van der Waals surface area contributed by atoms with E-state index in [0.717, 1.165) is 5.01 Å². The van der Waals surface area contributed by atoms with E-state index < -0.39 is 10.1 Å². The Hall–Kier alpha value is -1.25. The first kappa shape index (κ1) is 13.2. The van der Waals surface area contributed by atoms with E-state index in [2.05, 4.69) is 21.0 Å². The smallest absolute Gasteiger partial charge is 0.282 e. The predicted molar refractivity (Wildman–Crippen MR) is 69.2 cm³/mol. The molecule has 0 aromatic heterocycles. The van der Waals surface area contributed by atoms with E-state index in [1.165, 1.54) is 12.1 Å². The van der Waals surface area contributed by atoms with Crippen molar-refractivity contribution in [2.24, 2.45) is 5.10 Å². The molecule has 0 radical (unpaired) electrons. The Morgan fingerprint density at radius 2 is 2.06 bits per heavy atom. The third-order valence-corrected chi connectivity index (χ3v) is 3.60. The number of nitrogens with zero attached hydrogens (tertiary/aromatic N) is 2. The van der Waals surface area contributed by atoms with Crippen LogP contribution in [0.1, 0.15) is 13.3 Å². The maximum Gasteiger partial charge on any atom is 0.294 e. The highest BCUT2D eigenvalue weighted by Gasteiger charge is 2.24. The average Bonchev–Trinajstić information content (AvgIpc) is 2.55. The zero-order chi connectivity index (χ0) is 13.5. The van der Waals surface area contributed by atoms with Crippen LogP contribution in [0.2, 0.25) is 0 Å². The van der Waals surface area contributed by atoms with Gasteiger partial charge in [-0.25, -0.2) is 5.01 Å². The van der Waals surface area contributed by atoms with Crippen LogP contribution in [0.25, 0.3) is 0 Å². The first-order valence-electron chi connectivity index (χ1n) is 4.92. The molecule has 0 bridgehead atoms. The summed E-state index contributed by atoms with van der Waals surface area (Å²) in [5.41, 5.74) is 0.937. The molecule has 1 aromatic carbocycles. The SMILES string of the molecule is CC1=NN(c2cc(Br)cc(S(=O)(=O)O)c2)C(=O)C1. The molecule has 0 aliphatic carbocycles. The Bertz CT molecular complexity index is 654. The standard InChI is InChI=1S/C10H9BrN2O4S/c1-6-2-10(14)13(12-6)8-3-7(11)4-9(5-8)18(15,16)17/h3-5H,2H2,1H3,(H,15,16,17). The summed E-state index contributed by atoms with van der Waals surface area (Å²) < 4.78 is 31.6. The molecule has 1 N–H and O–H groups in total. The second-order valence-electron chi connectivity index (χ2n) is 3.84. The van der Waals surface area contributed by atoms with Gasteiger partial charge in [-0.1, -0.05) is 15.9 Å². The lowest BCUT2D eigenvalue weighted by Crippen LogP contribution is -2.19. The van der Waals surface area contributed by atoms with Crippen molar-refractivity contribution in [1.82, 2.24) is 0 Å². The van der Waals surface area contributed by atoms with E-state index in [1.807, 2.05) is 0 Å². The van der Waals surface area contributed by atoms with Crippen LogP contribution in [0.3, 0.4) is 0 Å². The molecule has 1 aliphatic heterocycles. The Labute approximate surface area is 112 Å². The van der Waals surface area contributed by atoms with Gasteiger partial charge in [0.2, 0.25) is 0 Å². The summed E-state index contributed by atoms with van der Waals surface area (Å²) in [7, 11) is -4.32. The fourth-order valence-electron chi connectivity index (χ4n) is 1.58. The zero-order valence-corrected chi connectivity index (χ0v) is 11.7. The van der Waals surface area contributed by atoms with Crippen molar-refractivity contribution < 1.29 is 17.8 Å². The van der Waals surface area contributed by atoms with Crippen molar-refractivity contribution >= 4 is 43.4 Å². The molecule has 2 rings (SSSR count). The summed E-state index contributed by atoms with van der Waals surface area (Å²) in [6, 6.07) is 3.99. The van der Waals surface area contributed by atoms with Gasteiger partial charge in [0.15, 0.2) is 0 Å². The monoisotopic (exact) mass is 332 g/mol. The van der Waals surface area contributed by atoms with Crippen molar-refractivity contribution in [2.75, 3.05) is 5.01 Å². The molecule has 1 amide bonds. The molecule has 0 saturated carbocycles. The van der Waals surface area contributed by atoms with Crippen LogP contribution in [0.15, 0.2) is 32.7 Å². The normalized spacial score (nSPS) is 16.1. The highest BCUT2D eigenvalue weighted by atomic mass is 79.9. The summed E-state index contributed by atoms with van der Waals surface area (Å²) >= 11 is 3.13. The summed E-state index contributed by atoms with van der Waals surface area (Å²) in [5, 5.41) is 5.13. The van der Waals surface area contributed by atoms with Crippen LogP contribution in [0, 0.1) is 0 Å². The summed E-state index contributed by atoms with van der Waals surface area (Å²) in [6.45, 7) is 1.71. The van der Waals surface area contributed by atoms with E-state index in [-0.39, 0.29) is 17.2 Å². The van der Waals surface area contributed by atoms with Gasteiger partial charge in [-0.3, -0.25) is 9.35 Å². The van der Waals surface area contributed by atoms with Crippen LogP contribution in [0.5, 0.6) is 0 Å². The van der Waals surface area contributed by atoms with Crippen LogP contribution in [-0.4, -0.2) is 24.6 Å². The minimum absolute atomic E-state index is 0.202. The van der Waals surface area contributed by atoms with Gasteiger partial charge < -0.3 is 0 Å². The molecule has 1 heterocycles. The summed E-state index contributed by atoms with van der Waals surface area (Å²) in [4.78, 5) is 11.3. The number of halogens is 1. The van der Waals surface area contributed by atoms with Crippen LogP contribution >= 0.6 is 15.9 Å². The number of benzene rings is 1. The lowest BCUT2D eigenvalue weighted by atomic mass is 10.3. The van der Waals surface area contributed by atoms with Crippen molar-refractivity contribution in [3.63, 3.8) is 0 Å². The highest BCUT2D eigenvalue weighted by molar-refractivity contribution is 9.10. The van der Waals surface area contributed by atoms with Crippen LogP contribution in [0.4, 0.5) is 5.69 Å². The van der Waals surface area contributed by atoms with Crippen molar-refractivity contribution in [2.45, 2.75) is 18.2 Å². The molecule has 6 nitrogen and oxygen atoms in total. The molecule has 1 aliphatic rings. The molecule has 8 heteroatoms. The van der Waals surface area contributed by atoms with Gasteiger partial charge >= 0.3 is 0 Å². The molecule has 96 valence electrons. The number of hydrazone groups is 1. The number of amides is 1. The first-order chi connectivity index (χ1) is 8.27. The zero-order valence-electron chi connectivity index (χ0n) is 9.29. The van der Waals surface area contributed by atoms with Gasteiger partial charge in [0.05, 0.1) is 17.0 Å². The topological polar surface area (TPSA) is 87.0 Å². The van der Waals surface area contributed by atoms with E-state index in [9.17, 15) is 13.2 Å². The van der Waals surface area contributed by atoms with Crippen LogP contribution in [-0.2, 0) is 14.9 Å². The molecule has 0 spiro atoms. The number of hydrogen-bond acceptors (Lipinski definition) is 4. The Kier molecular flexibility index (Phi) is 3.26. The third-order valence-electron chi connectivity index (χ3n) is 2.31. The van der Waals surface area contributed by atoms with Crippen LogP contribution < -0.4 is 5.01 Å². The maximum absolute atomic E-state index is 11.6. The minimum Gasteiger partial charge on any atom is -0.282 e. The largest absolute Gasteiger partial charge is 0.294 e. The number of carbonyl (C=O) groups excluding carboxylic acids is 1. The van der Waals surface area contributed by atoms with Gasteiger partial charge in [-0.2, -0.15) is 13.5 Å². The molecule has 0 fully saturated rings. The van der Waals surface area contributed by atoms with Crippen molar-refractivity contribution in [1.29, 1.82) is 0 Å². The van der Waals surface area contributed by atoms with Gasteiger partial charge in [0, 0.05) is 10.2 Å². The molecule has 0 atom stereocenters. The van der Waals surface area contributed by atoms with E-state index in [4.69, 9.17) is 4.55 Å². The van der Waals surface area contributed by atoms with Gasteiger partial charge in [-0.05, 0) is 25.1 Å². The molecular formula is C10H9BrN2O4S. The summed E-state index contributed by atoms with van der Waals surface area (Å²) in [5.74, 6) is -0.244. The molecular weight excluding hydrogens is 324 g/mol. The fraction of sp³-hybridized carbons (Fsp3) is 0.200. The number of rotatable bonds is 2. The summed E-state index contributed by atoms with van der Waals surface area (Å²) in [6.07, 6.45) is 0.202. The fourth-order valence-corrected chi connectivity index (χ4v) is 2.75. The second-order valence-corrected chi connectivity index (χ2v) is 6.18. The van der Waals surface area contributed by atoms with E-state index in [0.29, 0.717) is 15.9 Å². The van der Waals surface area contributed by atoms with E-state index in [1.54, 1.807) is 13.0 Å². The Morgan fingerprint density at radius 3 is 2.56 bits per heavy atom. The number of carbonyl (C=O) groups is 1. The molecule has 1 aromatic rings. The predicted octanol–water partition coefficient (Wildman–Crippen LogP) is 1.81. The Balaban J connectivity index is 2.53. The Morgan fingerprint density at radius 1 is 1.39 bits per heavy atom. The van der Waals surface area contributed by atoms with E-state index >= 15 is 0 Å². The second kappa shape index (κ2) is 4.45. The first-order valence-corrected chi connectivity index (χ1v) is 7.16. The lowest BCUT2D eigenvalue weighted by Gasteiger charge is -2.13. The minimum atomic E-state index is -4.32. The highest BCUT2D eigenvalue weighted by Crippen LogP contribution is 2.28. The number of anilines is 1. The molecule has 0 unspecified atom stereocenters. The van der Waals surface area contributed by atoms with Gasteiger partial charge in [0.25, 0.3) is 16.0 Å². The molecule has 18 heavy (non-hydrogen) atoms. The lowest BCUT2D eigenvalue weighted by molar-refractivity contribution is -0.116. The third kappa shape index (κ3) is 2.60. The average molecular weight is 333 g/mol. The van der Waals surface area contributed by atoms with Gasteiger partial charge in [-0.15, -0.1) is 0 Å². The molecule has 0 saturated heterocycles. The maximum atomic E-state index is 11.6. The van der Waals surface area contributed by atoms with Crippen molar-refractivity contribution in [3.8, 4) is 0 Å². The quantitative estimate of drug-likeness (QED) is 0.836. The number of hydrogen-bond donors (Lipinski definition) is 1.